The topological polar surface area (TPSA) is 47.0 Å². The minimum absolute atomic E-state index is 0.147. The highest BCUT2D eigenvalue weighted by molar-refractivity contribution is 6.30. The number of hydrogen-bond donors (Lipinski definition) is 1. The van der Waals surface area contributed by atoms with Crippen LogP contribution in [0.3, 0.4) is 0 Å². The Hall–Kier alpha value is -1.65. The minimum Gasteiger partial charge on any atom is -0.496 e. The van der Waals surface area contributed by atoms with Gasteiger partial charge in [-0.05, 0) is 39.0 Å². The van der Waals surface area contributed by atoms with Gasteiger partial charge in [-0.15, -0.1) is 0 Å². The van der Waals surface area contributed by atoms with Crippen LogP contribution in [0.5, 0.6) is 5.75 Å². The third-order valence-electron chi connectivity index (χ3n) is 3.45. The smallest absolute Gasteiger partial charge is 0.125 e. The second-order valence-electron chi connectivity index (χ2n) is 5.02. The molecule has 0 saturated heterocycles. The van der Waals surface area contributed by atoms with Crippen molar-refractivity contribution in [2.45, 2.75) is 33.4 Å². The molecule has 0 fully saturated rings. The fraction of sp³-hybridized carbons (Fsp3) is 0.375. The summed E-state index contributed by atoms with van der Waals surface area (Å²) in [5.41, 5.74) is 3.13. The first kappa shape index (κ1) is 15.7. The van der Waals surface area contributed by atoms with Crippen LogP contribution in [0.15, 0.2) is 24.4 Å². The summed E-state index contributed by atoms with van der Waals surface area (Å²) in [5, 5.41) is 4.16. The van der Waals surface area contributed by atoms with Crippen LogP contribution in [0.1, 0.15) is 35.6 Å². The van der Waals surface area contributed by atoms with Crippen molar-refractivity contribution in [3.8, 4) is 5.75 Å². The fourth-order valence-corrected chi connectivity index (χ4v) is 2.47. The zero-order chi connectivity index (χ0) is 15.4. The number of benzene rings is 1. The first-order valence-corrected chi connectivity index (χ1v) is 7.25. The Morgan fingerprint density at radius 2 is 2.10 bits per heavy atom. The molecule has 5 heteroatoms. The Bertz CT molecular complexity index is 631. The third kappa shape index (κ3) is 3.93. The summed E-state index contributed by atoms with van der Waals surface area (Å²) in [6, 6.07) is 5.77. The molecule has 0 radical (unpaired) electrons. The predicted molar refractivity (Wildman–Crippen MR) is 84.8 cm³/mol. The molecule has 1 N–H and O–H groups in total. The van der Waals surface area contributed by atoms with E-state index in [0.717, 1.165) is 28.4 Å². The third-order valence-corrected chi connectivity index (χ3v) is 3.68. The van der Waals surface area contributed by atoms with Crippen molar-refractivity contribution in [1.82, 2.24) is 15.3 Å². The number of halogens is 1. The lowest BCUT2D eigenvalue weighted by atomic mass is 10.1. The predicted octanol–water partition coefficient (Wildman–Crippen LogP) is 3.61. The maximum absolute atomic E-state index is 6.05. The van der Waals surface area contributed by atoms with Gasteiger partial charge in [0, 0.05) is 40.6 Å². The molecule has 1 aromatic carbocycles. The quantitative estimate of drug-likeness (QED) is 0.917. The van der Waals surface area contributed by atoms with Crippen LogP contribution in [-0.2, 0) is 6.54 Å². The van der Waals surface area contributed by atoms with Crippen LogP contribution < -0.4 is 10.1 Å². The van der Waals surface area contributed by atoms with Crippen molar-refractivity contribution in [3.05, 3.63) is 52.1 Å². The van der Waals surface area contributed by atoms with E-state index < -0.39 is 0 Å². The van der Waals surface area contributed by atoms with Gasteiger partial charge in [-0.2, -0.15) is 0 Å². The molecule has 2 rings (SSSR count). The minimum atomic E-state index is 0.147. The highest BCUT2D eigenvalue weighted by Crippen LogP contribution is 2.23. The zero-order valence-corrected chi connectivity index (χ0v) is 13.5. The van der Waals surface area contributed by atoms with Crippen LogP contribution in [0.2, 0.25) is 5.02 Å². The molecule has 1 unspecified atom stereocenters. The molecule has 1 atom stereocenters. The van der Waals surface area contributed by atoms with Crippen molar-refractivity contribution in [3.63, 3.8) is 0 Å². The summed E-state index contributed by atoms with van der Waals surface area (Å²) >= 11 is 6.05. The SMILES string of the molecule is COc1ccc(Cl)cc1CNC(C)c1cnc(C)nc1C. The first-order valence-electron chi connectivity index (χ1n) is 6.87. The number of aryl methyl sites for hydroxylation is 2. The largest absolute Gasteiger partial charge is 0.496 e. The first-order chi connectivity index (χ1) is 10.0. The number of nitrogens with zero attached hydrogens (tertiary/aromatic N) is 2. The molecule has 0 bridgehead atoms. The van der Waals surface area contributed by atoms with E-state index in [0.29, 0.717) is 11.6 Å². The fourth-order valence-electron chi connectivity index (χ4n) is 2.28. The number of aromatic nitrogens is 2. The summed E-state index contributed by atoms with van der Waals surface area (Å²) < 4.78 is 5.35. The second kappa shape index (κ2) is 6.87. The van der Waals surface area contributed by atoms with Gasteiger partial charge in [0.05, 0.1) is 7.11 Å². The lowest BCUT2D eigenvalue weighted by Crippen LogP contribution is -2.20. The van der Waals surface area contributed by atoms with Gasteiger partial charge in [0.2, 0.25) is 0 Å². The van der Waals surface area contributed by atoms with Crippen molar-refractivity contribution in [1.29, 1.82) is 0 Å². The molecule has 1 heterocycles. The molecular weight excluding hydrogens is 286 g/mol. The highest BCUT2D eigenvalue weighted by atomic mass is 35.5. The summed E-state index contributed by atoms with van der Waals surface area (Å²) in [7, 11) is 1.66. The summed E-state index contributed by atoms with van der Waals surface area (Å²) in [6.45, 7) is 6.66. The van der Waals surface area contributed by atoms with Crippen LogP contribution in [0.25, 0.3) is 0 Å². The summed E-state index contributed by atoms with van der Waals surface area (Å²) in [4.78, 5) is 8.67. The molecule has 0 amide bonds. The van der Waals surface area contributed by atoms with E-state index in [1.807, 2.05) is 38.2 Å². The van der Waals surface area contributed by atoms with Crippen LogP contribution >= 0.6 is 11.6 Å². The molecule has 1 aromatic heterocycles. The molecule has 112 valence electrons. The normalized spacial score (nSPS) is 12.2. The van der Waals surface area contributed by atoms with E-state index in [2.05, 4.69) is 22.2 Å². The van der Waals surface area contributed by atoms with Gasteiger partial charge in [0.25, 0.3) is 0 Å². The van der Waals surface area contributed by atoms with E-state index in [4.69, 9.17) is 16.3 Å². The van der Waals surface area contributed by atoms with Crippen LogP contribution in [0, 0.1) is 13.8 Å². The van der Waals surface area contributed by atoms with Gasteiger partial charge in [0.15, 0.2) is 0 Å². The monoisotopic (exact) mass is 305 g/mol. The number of hydrogen-bond acceptors (Lipinski definition) is 4. The maximum Gasteiger partial charge on any atom is 0.125 e. The molecule has 2 aromatic rings. The van der Waals surface area contributed by atoms with Gasteiger partial charge in [-0.25, -0.2) is 9.97 Å². The second-order valence-corrected chi connectivity index (χ2v) is 5.45. The van der Waals surface area contributed by atoms with Gasteiger partial charge in [-0.3, -0.25) is 0 Å². The maximum atomic E-state index is 6.05. The Morgan fingerprint density at radius 3 is 2.76 bits per heavy atom. The van der Waals surface area contributed by atoms with Gasteiger partial charge in [0.1, 0.15) is 11.6 Å². The van der Waals surface area contributed by atoms with Crippen molar-refractivity contribution in [2.24, 2.45) is 0 Å². The van der Waals surface area contributed by atoms with E-state index in [1.165, 1.54) is 0 Å². The van der Waals surface area contributed by atoms with Gasteiger partial charge in [-0.1, -0.05) is 11.6 Å². The van der Waals surface area contributed by atoms with Gasteiger partial charge < -0.3 is 10.1 Å². The van der Waals surface area contributed by atoms with Crippen molar-refractivity contribution < 1.29 is 4.74 Å². The molecular formula is C16H20ClN3O. The van der Waals surface area contributed by atoms with Crippen LogP contribution in [-0.4, -0.2) is 17.1 Å². The van der Waals surface area contributed by atoms with Gasteiger partial charge >= 0.3 is 0 Å². The molecule has 21 heavy (non-hydrogen) atoms. The Balaban J connectivity index is 2.10. The number of rotatable bonds is 5. The van der Waals surface area contributed by atoms with E-state index >= 15 is 0 Å². The summed E-state index contributed by atoms with van der Waals surface area (Å²) in [5.74, 6) is 1.62. The average molecular weight is 306 g/mol. The van der Waals surface area contributed by atoms with Crippen molar-refractivity contribution >= 4 is 11.6 Å². The number of nitrogens with one attached hydrogen (secondary N) is 1. The Labute approximate surface area is 130 Å². The van der Waals surface area contributed by atoms with E-state index in [1.54, 1.807) is 7.11 Å². The standard InChI is InChI=1S/C16H20ClN3O/c1-10(15-9-19-12(3)20-11(15)2)18-8-13-7-14(17)5-6-16(13)21-4/h5-7,9-10,18H,8H2,1-4H3. The zero-order valence-electron chi connectivity index (χ0n) is 12.8. The lowest BCUT2D eigenvalue weighted by molar-refractivity contribution is 0.406. The molecule has 0 aliphatic rings. The highest BCUT2D eigenvalue weighted by Gasteiger charge is 2.11. The average Bonchev–Trinajstić information content (AvgIpc) is 2.45. The Kier molecular flexibility index (Phi) is 5.15. The molecule has 0 aliphatic carbocycles. The Morgan fingerprint density at radius 1 is 1.33 bits per heavy atom. The molecule has 4 nitrogen and oxygen atoms in total. The lowest BCUT2D eigenvalue weighted by Gasteiger charge is -2.17. The van der Waals surface area contributed by atoms with Crippen LogP contribution in [0.4, 0.5) is 0 Å². The molecule has 0 saturated carbocycles. The van der Waals surface area contributed by atoms with E-state index in [9.17, 15) is 0 Å². The van der Waals surface area contributed by atoms with Crippen molar-refractivity contribution in [2.75, 3.05) is 7.11 Å². The van der Waals surface area contributed by atoms with E-state index in [-0.39, 0.29) is 6.04 Å². The number of ether oxygens (including phenoxy) is 1. The number of methoxy groups -OCH3 is 1. The summed E-state index contributed by atoms with van der Waals surface area (Å²) in [6.07, 6.45) is 1.88. The molecule has 0 aliphatic heterocycles. The molecule has 0 spiro atoms.